The van der Waals surface area contributed by atoms with Crippen LogP contribution in [0.4, 0.5) is 17.1 Å². The van der Waals surface area contributed by atoms with Crippen molar-refractivity contribution in [2.24, 2.45) is 0 Å². The quantitative estimate of drug-likeness (QED) is 0.140. The second-order valence-corrected chi connectivity index (χ2v) is 11.2. The van der Waals surface area contributed by atoms with Gasteiger partial charge in [0.25, 0.3) is 5.91 Å². The lowest BCUT2D eigenvalue weighted by Gasteiger charge is -2.27. The van der Waals surface area contributed by atoms with E-state index < -0.39 is 23.5 Å². The van der Waals surface area contributed by atoms with Crippen LogP contribution in [0.15, 0.2) is 65.3 Å². The van der Waals surface area contributed by atoms with E-state index in [1.165, 1.54) is 40.3 Å². The van der Waals surface area contributed by atoms with E-state index in [9.17, 15) is 29.7 Å². The summed E-state index contributed by atoms with van der Waals surface area (Å²) in [4.78, 5) is 41.0. The number of aromatic hydroxyl groups is 3. The van der Waals surface area contributed by atoms with Crippen molar-refractivity contribution in [2.75, 3.05) is 16.3 Å². The summed E-state index contributed by atoms with van der Waals surface area (Å²) in [6, 6.07) is 6.73. The number of carbonyl (C=O) groups is 3. The van der Waals surface area contributed by atoms with Gasteiger partial charge in [-0.3, -0.25) is 19.3 Å². The predicted molar refractivity (Wildman–Crippen MR) is 168 cm³/mol. The topological polar surface area (TPSA) is 139 Å². The number of hydrogen-bond acceptors (Lipinski definition) is 6. The molecule has 0 fully saturated rings. The molecule has 43 heavy (non-hydrogen) atoms. The summed E-state index contributed by atoms with van der Waals surface area (Å²) in [5, 5.41) is 41.2. The van der Waals surface area contributed by atoms with Gasteiger partial charge in [0.1, 0.15) is 28.6 Å². The molecule has 0 bridgehead atoms. The average molecular weight is 591 g/mol. The van der Waals surface area contributed by atoms with Crippen molar-refractivity contribution in [2.45, 2.75) is 79.1 Å². The Kier molecular flexibility index (Phi) is 11.6. The first-order chi connectivity index (χ1) is 20.4. The Labute approximate surface area is 253 Å². The van der Waals surface area contributed by atoms with E-state index >= 15 is 0 Å². The maximum absolute atomic E-state index is 13.9. The van der Waals surface area contributed by atoms with Crippen LogP contribution in [-0.2, 0) is 9.59 Å². The van der Waals surface area contributed by atoms with Gasteiger partial charge >= 0.3 is 5.97 Å². The Morgan fingerprint density at radius 2 is 1.44 bits per heavy atom. The minimum absolute atomic E-state index is 0.0457. The molecule has 0 saturated heterocycles. The Hall–Kier alpha value is -4.53. The maximum Gasteiger partial charge on any atom is 0.303 e. The Morgan fingerprint density at radius 1 is 0.791 bits per heavy atom. The molecule has 4 N–H and O–H groups in total. The lowest BCUT2D eigenvalue weighted by Crippen LogP contribution is -2.30. The molecule has 0 saturated carbocycles. The Morgan fingerprint density at radius 3 is 2.12 bits per heavy atom. The van der Waals surface area contributed by atoms with E-state index in [2.05, 4.69) is 32.9 Å². The highest BCUT2D eigenvalue weighted by Crippen LogP contribution is 2.50. The van der Waals surface area contributed by atoms with Gasteiger partial charge in [0.2, 0.25) is 5.91 Å². The average Bonchev–Trinajstić information content (AvgIpc) is 3.02. The van der Waals surface area contributed by atoms with E-state index in [1.54, 1.807) is 0 Å². The number of hydrogen-bond donors (Lipinski definition) is 4. The third-order valence-electron chi connectivity index (χ3n) is 7.31. The Bertz CT molecular complexity index is 1450. The van der Waals surface area contributed by atoms with E-state index in [-0.39, 0.29) is 66.4 Å². The molecular weight excluding hydrogens is 548 g/mol. The first-order valence-electron chi connectivity index (χ1n) is 14.6. The zero-order valence-corrected chi connectivity index (χ0v) is 25.4. The van der Waals surface area contributed by atoms with Crippen LogP contribution in [0.3, 0.4) is 0 Å². The van der Waals surface area contributed by atoms with Crippen molar-refractivity contribution >= 4 is 34.8 Å². The van der Waals surface area contributed by atoms with Gasteiger partial charge in [-0.05, 0) is 78.4 Å². The van der Waals surface area contributed by atoms with Gasteiger partial charge in [-0.1, -0.05) is 41.0 Å². The number of phenolic OH excluding ortho intramolecular Hbond substituents is 3. The van der Waals surface area contributed by atoms with Crippen molar-refractivity contribution in [3.8, 4) is 17.2 Å². The SMILES string of the molecule is CC(C)=CCCC(C)=CCCC(C)=CCN1C(=O)c2cccc(O)c2N(C(=O)CCCCC(=O)O)c2c(O)cc(O)cc21. The molecule has 0 unspecified atom stereocenters. The molecule has 0 atom stereocenters. The number of carboxylic acids is 1. The van der Waals surface area contributed by atoms with E-state index in [4.69, 9.17) is 5.11 Å². The van der Waals surface area contributed by atoms with Crippen molar-refractivity contribution in [1.29, 1.82) is 0 Å². The standard InChI is InChI=1S/C34H42N2O7/c1-22(2)10-7-11-23(3)12-8-13-24(4)18-19-35-27-20-25(37)21-29(39)33(27)36(30(40)16-5-6-17-31(41)42)32-26(34(35)43)14-9-15-28(32)38/h9-10,12,14-15,18,20-21,37-39H,5-8,11,13,16-17,19H2,1-4H3,(H,41,42). The monoisotopic (exact) mass is 590 g/mol. The highest BCUT2D eigenvalue weighted by molar-refractivity contribution is 6.20. The number of anilines is 3. The normalized spacial score (nSPS) is 13.3. The highest BCUT2D eigenvalue weighted by Gasteiger charge is 2.37. The third kappa shape index (κ3) is 8.73. The van der Waals surface area contributed by atoms with Crippen molar-refractivity contribution < 1.29 is 34.8 Å². The van der Waals surface area contributed by atoms with Crippen molar-refractivity contribution in [3.63, 3.8) is 0 Å². The second-order valence-electron chi connectivity index (χ2n) is 11.2. The molecule has 0 spiro atoms. The zero-order chi connectivity index (χ0) is 31.7. The summed E-state index contributed by atoms with van der Waals surface area (Å²) in [6.45, 7) is 8.37. The molecule has 230 valence electrons. The molecule has 2 aromatic carbocycles. The molecule has 0 aliphatic carbocycles. The number of benzene rings is 2. The van der Waals surface area contributed by atoms with Crippen LogP contribution in [0.2, 0.25) is 0 Å². The third-order valence-corrected chi connectivity index (χ3v) is 7.31. The van der Waals surface area contributed by atoms with Crippen LogP contribution in [0.5, 0.6) is 17.2 Å². The van der Waals surface area contributed by atoms with Gasteiger partial charge in [-0.15, -0.1) is 0 Å². The van der Waals surface area contributed by atoms with E-state index in [0.29, 0.717) is 0 Å². The lowest BCUT2D eigenvalue weighted by molar-refractivity contribution is -0.137. The van der Waals surface area contributed by atoms with Crippen LogP contribution in [0.25, 0.3) is 0 Å². The number of rotatable bonds is 13. The highest BCUT2D eigenvalue weighted by atomic mass is 16.4. The first-order valence-corrected chi connectivity index (χ1v) is 14.6. The number of amides is 2. The van der Waals surface area contributed by atoms with Crippen molar-refractivity contribution in [3.05, 3.63) is 70.8 Å². The number of unbranched alkanes of at least 4 members (excludes halogenated alkanes) is 1. The molecule has 0 aromatic heterocycles. The fraction of sp³-hybridized carbons (Fsp3) is 0.382. The molecule has 0 radical (unpaired) electrons. The molecule has 2 amide bonds. The summed E-state index contributed by atoms with van der Waals surface area (Å²) in [7, 11) is 0. The number of phenols is 3. The summed E-state index contributed by atoms with van der Waals surface area (Å²) >= 11 is 0. The molecule has 9 nitrogen and oxygen atoms in total. The minimum atomic E-state index is -0.973. The van der Waals surface area contributed by atoms with Crippen molar-refractivity contribution in [1.82, 2.24) is 0 Å². The van der Waals surface area contributed by atoms with E-state index in [0.717, 1.165) is 42.2 Å². The number of aliphatic carboxylic acids is 1. The maximum atomic E-state index is 13.9. The summed E-state index contributed by atoms with van der Waals surface area (Å²) in [6.07, 6.45) is 10.3. The number of para-hydroxylation sites is 1. The largest absolute Gasteiger partial charge is 0.508 e. The van der Waals surface area contributed by atoms with E-state index in [1.807, 2.05) is 13.0 Å². The van der Waals surface area contributed by atoms with Crippen LogP contribution >= 0.6 is 0 Å². The molecular formula is C34H42N2O7. The summed E-state index contributed by atoms with van der Waals surface area (Å²) in [5.41, 5.74) is 3.70. The predicted octanol–water partition coefficient (Wildman–Crippen LogP) is 7.49. The van der Waals surface area contributed by atoms with Gasteiger partial charge < -0.3 is 25.3 Å². The summed E-state index contributed by atoms with van der Waals surface area (Å²) < 4.78 is 0. The zero-order valence-electron chi connectivity index (χ0n) is 25.4. The smallest absolute Gasteiger partial charge is 0.303 e. The Balaban J connectivity index is 1.95. The van der Waals surface area contributed by atoms with Gasteiger partial charge in [0.15, 0.2) is 0 Å². The number of carbonyl (C=O) groups excluding carboxylic acids is 2. The minimum Gasteiger partial charge on any atom is -0.508 e. The van der Waals surface area contributed by atoms with Crippen LogP contribution in [0.1, 0.15) is 89.4 Å². The van der Waals surface area contributed by atoms with Crippen LogP contribution in [0, 0.1) is 0 Å². The molecule has 9 heteroatoms. The number of carboxylic acid groups (broad SMARTS) is 1. The molecule has 1 heterocycles. The molecule has 1 aliphatic rings. The van der Waals surface area contributed by atoms with Gasteiger partial charge in [-0.25, -0.2) is 0 Å². The first kappa shape index (κ1) is 33.0. The second kappa shape index (κ2) is 15.1. The molecule has 1 aliphatic heterocycles. The molecule has 2 aromatic rings. The van der Waals surface area contributed by atoms with Crippen LogP contribution < -0.4 is 9.80 Å². The van der Waals surface area contributed by atoms with Gasteiger partial charge in [0, 0.05) is 31.5 Å². The van der Waals surface area contributed by atoms with Gasteiger partial charge in [-0.2, -0.15) is 0 Å². The fourth-order valence-corrected chi connectivity index (χ4v) is 5.01. The summed E-state index contributed by atoms with van der Waals surface area (Å²) in [5.74, 6) is -3.10. The van der Waals surface area contributed by atoms with Crippen LogP contribution in [-0.4, -0.2) is 44.8 Å². The number of allylic oxidation sites excluding steroid dienone is 5. The fourth-order valence-electron chi connectivity index (χ4n) is 5.01. The van der Waals surface area contributed by atoms with Gasteiger partial charge in [0.05, 0.1) is 11.3 Å². The molecule has 3 rings (SSSR count). The lowest BCUT2D eigenvalue weighted by atomic mass is 10.1. The number of fused-ring (bicyclic) bond motifs is 2. The number of nitrogens with zero attached hydrogens (tertiary/aromatic N) is 2.